The summed E-state index contributed by atoms with van der Waals surface area (Å²) in [7, 11) is 0. The molecule has 2 heteroatoms. The van der Waals surface area contributed by atoms with Crippen LogP contribution in [-0.2, 0) is 0 Å². The van der Waals surface area contributed by atoms with E-state index in [0.29, 0.717) is 0 Å². The van der Waals surface area contributed by atoms with Gasteiger partial charge >= 0.3 is 0 Å². The van der Waals surface area contributed by atoms with Crippen molar-refractivity contribution in [2.45, 2.75) is 31.7 Å². The molecule has 0 spiro atoms. The first-order chi connectivity index (χ1) is 5.95. The molecule has 1 aliphatic heterocycles. The normalized spacial score (nSPS) is 24.8. The van der Waals surface area contributed by atoms with E-state index in [4.69, 9.17) is 0 Å². The molecule has 12 heavy (non-hydrogen) atoms. The quantitative estimate of drug-likeness (QED) is 0.612. The number of hydrogen-bond donors (Lipinski definition) is 2. The van der Waals surface area contributed by atoms with Crippen LogP contribution in [0.4, 0.5) is 0 Å². The van der Waals surface area contributed by atoms with Crippen molar-refractivity contribution in [2.24, 2.45) is 0 Å². The van der Waals surface area contributed by atoms with Crippen LogP contribution in [0.15, 0.2) is 11.6 Å². The summed E-state index contributed by atoms with van der Waals surface area (Å²) in [5.41, 5.74) is 1.63. The number of rotatable bonds is 3. The summed E-state index contributed by atoms with van der Waals surface area (Å²) in [5, 5.41) is 6.82. The molecule has 0 amide bonds. The third-order valence-electron chi connectivity index (χ3n) is 2.78. The molecule has 0 bridgehead atoms. The second kappa shape index (κ2) is 4.06. The zero-order chi connectivity index (χ0) is 8.23. The van der Waals surface area contributed by atoms with E-state index in [-0.39, 0.29) is 0 Å². The Labute approximate surface area is 74.4 Å². The van der Waals surface area contributed by atoms with Crippen LogP contribution in [0.2, 0.25) is 0 Å². The fourth-order valence-corrected chi connectivity index (χ4v) is 1.77. The van der Waals surface area contributed by atoms with Crippen LogP contribution >= 0.6 is 0 Å². The smallest absolute Gasteiger partial charge is 0.0320 e. The van der Waals surface area contributed by atoms with Gasteiger partial charge in [-0.25, -0.2) is 0 Å². The van der Waals surface area contributed by atoms with Gasteiger partial charge in [-0.1, -0.05) is 11.6 Å². The number of allylic oxidation sites excluding steroid dienone is 1. The second-order valence-electron chi connectivity index (χ2n) is 3.84. The molecule has 2 aliphatic rings. The third kappa shape index (κ3) is 2.08. The van der Waals surface area contributed by atoms with Gasteiger partial charge in [0.25, 0.3) is 0 Å². The molecular formula is C10H18N2. The van der Waals surface area contributed by atoms with E-state index in [9.17, 15) is 0 Å². The molecule has 2 rings (SSSR count). The molecule has 0 radical (unpaired) electrons. The first-order valence-corrected chi connectivity index (χ1v) is 5.07. The van der Waals surface area contributed by atoms with Crippen molar-refractivity contribution in [3.63, 3.8) is 0 Å². The molecule has 0 aromatic heterocycles. The first-order valence-electron chi connectivity index (χ1n) is 5.07. The Bertz CT molecular complexity index is 171. The lowest BCUT2D eigenvalue weighted by Gasteiger charge is -2.29. The maximum Gasteiger partial charge on any atom is 0.0320 e. The molecule has 1 aliphatic carbocycles. The van der Waals surface area contributed by atoms with Crippen LogP contribution in [0.5, 0.6) is 0 Å². The van der Waals surface area contributed by atoms with Crippen molar-refractivity contribution in [1.82, 2.24) is 10.6 Å². The second-order valence-corrected chi connectivity index (χ2v) is 3.84. The molecule has 1 saturated heterocycles. The Morgan fingerprint density at radius 2 is 2.33 bits per heavy atom. The van der Waals surface area contributed by atoms with Gasteiger partial charge in [0, 0.05) is 25.7 Å². The van der Waals surface area contributed by atoms with Crippen molar-refractivity contribution >= 4 is 0 Å². The third-order valence-corrected chi connectivity index (χ3v) is 2.78. The van der Waals surface area contributed by atoms with Gasteiger partial charge in [0.1, 0.15) is 0 Å². The Morgan fingerprint density at radius 1 is 1.42 bits per heavy atom. The van der Waals surface area contributed by atoms with Gasteiger partial charge in [-0.3, -0.25) is 0 Å². The predicted octanol–water partition coefficient (Wildman–Crippen LogP) is 1.05. The van der Waals surface area contributed by atoms with E-state index in [1.54, 1.807) is 5.57 Å². The van der Waals surface area contributed by atoms with Crippen LogP contribution in [0.1, 0.15) is 25.7 Å². The van der Waals surface area contributed by atoms with E-state index >= 15 is 0 Å². The minimum Gasteiger partial charge on any atom is -0.314 e. The Kier molecular flexibility index (Phi) is 2.79. The first kappa shape index (κ1) is 8.27. The van der Waals surface area contributed by atoms with Crippen molar-refractivity contribution in [3.05, 3.63) is 11.6 Å². The molecule has 0 unspecified atom stereocenters. The molecule has 0 aromatic carbocycles. The van der Waals surface area contributed by atoms with Crippen molar-refractivity contribution in [2.75, 3.05) is 19.6 Å². The summed E-state index contributed by atoms with van der Waals surface area (Å²) in [6.45, 7) is 3.45. The van der Waals surface area contributed by atoms with Crippen molar-refractivity contribution < 1.29 is 0 Å². The van der Waals surface area contributed by atoms with Crippen LogP contribution < -0.4 is 10.6 Å². The largest absolute Gasteiger partial charge is 0.314 e. The summed E-state index contributed by atoms with van der Waals surface area (Å²) < 4.78 is 0. The van der Waals surface area contributed by atoms with E-state index < -0.39 is 0 Å². The lowest BCUT2D eigenvalue weighted by atomic mass is 9.99. The van der Waals surface area contributed by atoms with E-state index in [1.165, 1.54) is 25.7 Å². The lowest BCUT2D eigenvalue weighted by molar-refractivity contribution is 0.374. The fraction of sp³-hybridized carbons (Fsp3) is 0.800. The standard InChI is InChI=1S/C10H18N2/c1-2-4-9(5-3-1)6-12-10-7-11-8-10/h4,10-12H,1-3,5-8H2. The zero-order valence-corrected chi connectivity index (χ0v) is 7.60. The van der Waals surface area contributed by atoms with Crippen LogP contribution in [-0.4, -0.2) is 25.7 Å². The molecule has 2 N–H and O–H groups in total. The van der Waals surface area contributed by atoms with Crippen LogP contribution in [0.3, 0.4) is 0 Å². The molecule has 0 aromatic rings. The summed E-state index contributed by atoms with van der Waals surface area (Å²) in [6, 6.07) is 0.743. The summed E-state index contributed by atoms with van der Waals surface area (Å²) in [5.74, 6) is 0. The van der Waals surface area contributed by atoms with E-state index in [1.807, 2.05) is 0 Å². The minimum absolute atomic E-state index is 0.743. The van der Waals surface area contributed by atoms with Gasteiger partial charge in [0.2, 0.25) is 0 Å². The van der Waals surface area contributed by atoms with Gasteiger partial charge in [-0.15, -0.1) is 0 Å². The Balaban J connectivity index is 1.67. The summed E-state index contributed by atoms with van der Waals surface area (Å²) in [4.78, 5) is 0. The topological polar surface area (TPSA) is 24.1 Å². The minimum atomic E-state index is 0.743. The molecule has 1 fully saturated rings. The van der Waals surface area contributed by atoms with E-state index in [2.05, 4.69) is 16.7 Å². The average Bonchev–Trinajstić information content (AvgIpc) is 2.04. The van der Waals surface area contributed by atoms with E-state index in [0.717, 1.165) is 25.7 Å². The highest BCUT2D eigenvalue weighted by atomic mass is 15.1. The van der Waals surface area contributed by atoms with Gasteiger partial charge in [0.15, 0.2) is 0 Å². The highest BCUT2D eigenvalue weighted by Crippen LogP contribution is 2.16. The van der Waals surface area contributed by atoms with Crippen molar-refractivity contribution in [3.8, 4) is 0 Å². The van der Waals surface area contributed by atoms with Gasteiger partial charge in [-0.2, -0.15) is 0 Å². The Hall–Kier alpha value is -0.340. The number of nitrogens with one attached hydrogen (secondary N) is 2. The highest BCUT2D eigenvalue weighted by Gasteiger charge is 2.15. The molecular weight excluding hydrogens is 148 g/mol. The monoisotopic (exact) mass is 166 g/mol. The molecule has 2 nitrogen and oxygen atoms in total. The molecule has 68 valence electrons. The summed E-state index contributed by atoms with van der Waals surface area (Å²) >= 11 is 0. The predicted molar refractivity (Wildman–Crippen MR) is 51.2 cm³/mol. The fourth-order valence-electron chi connectivity index (χ4n) is 1.77. The van der Waals surface area contributed by atoms with Crippen LogP contribution in [0, 0.1) is 0 Å². The van der Waals surface area contributed by atoms with Crippen molar-refractivity contribution in [1.29, 1.82) is 0 Å². The average molecular weight is 166 g/mol. The zero-order valence-electron chi connectivity index (χ0n) is 7.60. The molecule has 1 heterocycles. The lowest BCUT2D eigenvalue weighted by Crippen LogP contribution is -2.55. The van der Waals surface area contributed by atoms with Gasteiger partial charge in [0.05, 0.1) is 0 Å². The van der Waals surface area contributed by atoms with Gasteiger partial charge < -0.3 is 10.6 Å². The number of hydrogen-bond acceptors (Lipinski definition) is 2. The van der Waals surface area contributed by atoms with Gasteiger partial charge in [-0.05, 0) is 25.7 Å². The maximum absolute atomic E-state index is 3.56. The highest BCUT2D eigenvalue weighted by molar-refractivity contribution is 5.07. The SMILES string of the molecule is C1=C(CNC2CNC2)CCCC1. The molecule has 0 atom stereocenters. The molecule has 0 saturated carbocycles. The maximum atomic E-state index is 3.56. The van der Waals surface area contributed by atoms with Crippen LogP contribution in [0.25, 0.3) is 0 Å². The summed E-state index contributed by atoms with van der Waals surface area (Å²) in [6.07, 6.45) is 7.85. The Morgan fingerprint density at radius 3 is 2.92 bits per heavy atom.